The van der Waals surface area contributed by atoms with Crippen LogP contribution in [0.1, 0.15) is 16.7 Å². The summed E-state index contributed by atoms with van der Waals surface area (Å²) in [7, 11) is 0. The molecule has 4 rings (SSSR count). The summed E-state index contributed by atoms with van der Waals surface area (Å²) in [6, 6.07) is 15.2. The molecular formula is C24H26N8O3. The van der Waals surface area contributed by atoms with Gasteiger partial charge in [-0.1, -0.05) is 42.5 Å². The Morgan fingerprint density at radius 3 is 2.46 bits per heavy atom. The molecule has 2 aromatic carbocycles. The van der Waals surface area contributed by atoms with Crippen LogP contribution in [-0.2, 0) is 24.2 Å². The minimum atomic E-state index is -0.597. The predicted molar refractivity (Wildman–Crippen MR) is 131 cm³/mol. The first-order valence-electron chi connectivity index (χ1n) is 11.0. The Kier molecular flexibility index (Phi) is 7.36. The van der Waals surface area contributed by atoms with Crippen molar-refractivity contribution in [1.82, 2.24) is 20.6 Å². The van der Waals surface area contributed by atoms with Crippen molar-refractivity contribution < 1.29 is 14.3 Å². The fourth-order valence-corrected chi connectivity index (χ4v) is 3.56. The van der Waals surface area contributed by atoms with Crippen molar-refractivity contribution in [2.75, 3.05) is 11.9 Å². The second-order valence-electron chi connectivity index (χ2n) is 8.00. The first kappa shape index (κ1) is 23.5. The van der Waals surface area contributed by atoms with Gasteiger partial charge in [-0.25, -0.2) is 19.6 Å². The van der Waals surface area contributed by atoms with Gasteiger partial charge in [0.1, 0.15) is 6.61 Å². The largest absolute Gasteiger partial charge is 0.447 e. The number of ether oxygens (including phenoxy) is 1. The van der Waals surface area contributed by atoms with E-state index in [1.165, 1.54) is 0 Å². The van der Waals surface area contributed by atoms with Crippen molar-refractivity contribution in [3.05, 3.63) is 77.6 Å². The standard InChI is InChI=1S/C24H26N8O3/c25-21(26)32-23(33)30-11-17-2-1-3-18(8-17)19-12-28-22(29-13-19)27-10-16-6-4-15(5-7-16)9-20-14-35-24(34)31-20/h1-8,12-13,20H,9-11,14H2,(H,31,34)(H,27,28,29)(H5,25,26,30,32,33)/t20-/m1/s1. The van der Waals surface area contributed by atoms with Crippen LogP contribution in [-0.4, -0.2) is 40.7 Å². The summed E-state index contributed by atoms with van der Waals surface area (Å²) in [6.07, 6.45) is 3.86. The SMILES string of the molecule is NC(N)=NC(=O)NCc1cccc(-c2cnc(NCc3ccc(C[C@@H]4COC(=O)N4)cc3)nc2)c1. The van der Waals surface area contributed by atoms with E-state index in [1.807, 2.05) is 48.5 Å². The molecule has 7 N–H and O–H groups in total. The summed E-state index contributed by atoms with van der Waals surface area (Å²) in [6.45, 7) is 1.26. The molecule has 0 unspecified atom stereocenters. The summed E-state index contributed by atoms with van der Waals surface area (Å²) in [5.41, 5.74) is 15.3. The Hall–Kier alpha value is -4.67. The molecule has 1 aliphatic heterocycles. The molecule has 2 heterocycles. The zero-order chi connectivity index (χ0) is 24.6. The van der Waals surface area contributed by atoms with Crippen LogP contribution in [0.3, 0.4) is 0 Å². The minimum Gasteiger partial charge on any atom is -0.447 e. The number of benzene rings is 2. The number of aliphatic imine (C=N–C) groups is 1. The van der Waals surface area contributed by atoms with Crippen molar-refractivity contribution in [3.63, 3.8) is 0 Å². The van der Waals surface area contributed by atoms with E-state index in [0.717, 1.165) is 34.2 Å². The molecule has 0 spiro atoms. The lowest BCUT2D eigenvalue weighted by Gasteiger charge is -2.09. The van der Waals surface area contributed by atoms with Gasteiger partial charge >= 0.3 is 12.1 Å². The number of alkyl carbamates (subject to hydrolysis) is 1. The molecule has 11 nitrogen and oxygen atoms in total. The van der Waals surface area contributed by atoms with E-state index < -0.39 is 6.03 Å². The van der Waals surface area contributed by atoms with Gasteiger partial charge in [-0.2, -0.15) is 4.99 Å². The fourth-order valence-electron chi connectivity index (χ4n) is 3.56. The van der Waals surface area contributed by atoms with Crippen LogP contribution in [0.25, 0.3) is 11.1 Å². The van der Waals surface area contributed by atoms with Gasteiger partial charge in [-0.3, -0.25) is 0 Å². The Balaban J connectivity index is 1.29. The molecule has 1 fully saturated rings. The maximum Gasteiger partial charge on any atom is 0.407 e. The number of hydrogen-bond acceptors (Lipinski definition) is 6. The van der Waals surface area contributed by atoms with Crippen molar-refractivity contribution in [3.8, 4) is 11.1 Å². The number of nitrogens with zero attached hydrogens (tertiary/aromatic N) is 3. The van der Waals surface area contributed by atoms with Crippen LogP contribution in [0.5, 0.6) is 0 Å². The van der Waals surface area contributed by atoms with E-state index in [0.29, 0.717) is 19.1 Å². The van der Waals surface area contributed by atoms with Gasteiger partial charge in [-0.05, 0) is 34.7 Å². The highest BCUT2D eigenvalue weighted by Crippen LogP contribution is 2.20. The molecule has 0 aliphatic carbocycles. The fraction of sp³-hybridized carbons (Fsp3) is 0.208. The molecule has 1 aliphatic rings. The van der Waals surface area contributed by atoms with E-state index >= 15 is 0 Å². The molecule has 0 radical (unpaired) electrons. The molecule has 3 amide bonds. The lowest BCUT2D eigenvalue weighted by molar-refractivity contribution is 0.177. The summed E-state index contributed by atoms with van der Waals surface area (Å²) in [5, 5.41) is 8.62. The van der Waals surface area contributed by atoms with Crippen LogP contribution in [0.15, 0.2) is 65.9 Å². The molecule has 1 saturated heterocycles. The maximum absolute atomic E-state index is 11.6. The number of urea groups is 1. The first-order valence-corrected chi connectivity index (χ1v) is 11.0. The van der Waals surface area contributed by atoms with E-state index in [-0.39, 0.29) is 24.6 Å². The van der Waals surface area contributed by atoms with Gasteiger partial charge < -0.3 is 32.2 Å². The second-order valence-corrected chi connectivity index (χ2v) is 8.00. The molecule has 35 heavy (non-hydrogen) atoms. The number of hydrogen-bond donors (Lipinski definition) is 5. The number of rotatable bonds is 8. The summed E-state index contributed by atoms with van der Waals surface area (Å²) < 4.78 is 4.92. The lowest BCUT2D eigenvalue weighted by Crippen LogP contribution is -2.28. The normalized spacial score (nSPS) is 14.5. The Morgan fingerprint density at radius 2 is 1.77 bits per heavy atom. The highest BCUT2D eigenvalue weighted by molar-refractivity contribution is 5.90. The van der Waals surface area contributed by atoms with E-state index in [2.05, 4.69) is 30.9 Å². The number of aromatic nitrogens is 2. The molecule has 1 atom stereocenters. The van der Waals surface area contributed by atoms with Crippen LogP contribution >= 0.6 is 0 Å². The van der Waals surface area contributed by atoms with Crippen molar-refractivity contribution in [2.45, 2.75) is 25.6 Å². The van der Waals surface area contributed by atoms with Crippen LogP contribution in [0.4, 0.5) is 15.5 Å². The van der Waals surface area contributed by atoms with Gasteiger partial charge in [0.25, 0.3) is 0 Å². The zero-order valence-corrected chi connectivity index (χ0v) is 18.9. The number of anilines is 1. The smallest absolute Gasteiger partial charge is 0.407 e. The second kappa shape index (κ2) is 11.0. The molecule has 0 saturated carbocycles. The summed E-state index contributed by atoms with van der Waals surface area (Å²) >= 11 is 0. The van der Waals surface area contributed by atoms with Crippen LogP contribution in [0, 0.1) is 0 Å². The number of nitrogens with one attached hydrogen (secondary N) is 3. The van der Waals surface area contributed by atoms with Gasteiger partial charge in [0.05, 0.1) is 6.04 Å². The predicted octanol–water partition coefficient (Wildman–Crippen LogP) is 1.89. The van der Waals surface area contributed by atoms with Crippen LogP contribution < -0.4 is 27.4 Å². The van der Waals surface area contributed by atoms with Crippen molar-refractivity contribution >= 4 is 24.0 Å². The van der Waals surface area contributed by atoms with Gasteiger partial charge in [0.15, 0.2) is 5.96 Å². The maximum atomic E-state index is 11.6. The van der Waals surface area contributed by atoms with Gasteiger partial charge in [0.2, 0.25) is 5.95 Å². The van der Waals surface area contributed by atoms with Crippen molar-refractivity contribution in [2.24, 2.45) is 16.5 Å². The third-order valence-corrected chi connectivity index (χ3v) is 5.28. The highest BCUT2D eigenvalue weighted by Gasteiger charge is 2.21. The van der Waals surface area contributed by atoms with E-state index in [9.17, 15) is 9.59 Å². The van der Waals surface area contributed by atoms with Crippen molar-refractivity contribution in [1.29, 1.82) is 0 Å². The van der Waals surface area contributed by atoms with Gasteiger partial charge in [0, 0.05) is 31.0 Å². The molecule has 180 valence electrons. The average molecular weight is 475 g/mol. The summed E-state index contributed by atoms with van der Waals surface area (Å²) in [5.74, 6) is 0.231. The Bertz CT molecular complexity index is 1210. The molecule has 11 heteroatoms. The third kappa shape index (κ3) is 6.90. The molecular weight excluding hydrogens is 448 g/mol. The quantitative estimate of drug-likeness (QED) is 0.243. The van der Waals surface area contributed by atoms with E-state index in [4.69, 9.17) is 16.2 Å². The number of carbonyl (C=O) groups excluding carboxylic acids is 2. The number of cyclic esters (lactones) is 1. The van der Waals surface area contributed by atoms with Crippen LogP contribution in [0.2, 0.25) is 0 Å². The van der Waals surface area contributed by atoms with Gasteiger partial charge in [-0.15, -0.1) is 0 Å². The Labute approximate surface area is 202 Å². The highest BCUT2D eigenvalue weighted by atomic mass is 16.6. The molecule has 3 aromatic rings. The molecule has 0 bridgehead atoms. The number of amides is 3. The molecule has 1 aromatic heterocycles. The topological polar surface area (TPSA) is 170 Å². The number of carbonyl (C=O) groups is 2. The number of nitrogens with two attached hydrogens (primary N) is 2. The summed E-state index contributed by atoms with van der Waals surface area (Å²) in [4.78, 5) is 35.0. The first-order chi connectivity index (χ1) is 16.9. The third-order valence-electron chi connectivity index (χ3n) is 5.28. The minimum absolute atomic E-state index is 0.0162. The average Bonchev–Trinajstić information content (AvgIpc) is 3.27. The lowest BCUT2D eigenvalue weighted by atomic mass is 10.0. The van der Waals surface area contributed by atoms with E-state index in [1.54, 1.807) is 12.4 Å². The number of guanidine groups is 1. The Morgan fingerprint density at radius 1 is 1.03 bits per heavy atom. The zero-order valence-electron chi connectivity index (χ0n) is 18.9. The monoisotopic (exact) mass is 474 g/mol.